The van der Waals surface area contributed by atoms with Crippen LogP contribution in [0.25, 0.3) is 10.9 Å². The van der Waals surface area contributed by atoms with Crippen LogP contribution in [0.5, 0.6) is 0 Å². The van der Waals surface area contributed by atoms with Gasteiger partial charge in [0, 0.05) is 17.0 Å². The van der Waals surface area contributed by atoms with E-state index in [1.54, 1.807) is 6.07 Å². The summed E-state index contributed by atoms with van der Waals surface area (Å²) in [6.45, 7) is 13.4. The van der Waals surface area contributed by atoms with Crippen molar-refractivity contribution in [2.75, 3.05) is 0 Å². The van der Waals surface area contributed by atoms with E-state index < -0.39 is 8.32 Å². The maximum atomic E-state index is 11.9. The predicted octanol–water partition coefficient (Wildman–Crippen LogP) is 5.13. The van der Waals surface area contributed by atoms with E-state index in [1.807, 2.05) is 13.0 Å². The normalized spacial score (nSPS) is 25.5. The number of ether oxygens (including phenoxy) is 1. The first kappa shape index (κ1) is 18.0. The maximum absolute atomic E-state index is 11.9. The fourth-order valence-electron chi connectivity index (χ4n) is 4.13. The van der Waals surface area contributed by atoms with Gasteiger partial charge in [0.15, 0.2) is 8.32 Å². The minimum atomic E-state index is -1.93. The number of aryl methyl sites for hydroxylation is 1. The Kier molecular flexibility index (Phi) is 3.99. The highest BCUT2D eigenvalue weighted by molar-refractivity contribution is 6.74. The zero-order valence-corrected chi connectivity index (χ0v) is 17.6. The van der Waals surface area contributed by atoms with Crippen LogP contribution in [-0.2, 0) is 9.16 Å². The number of rotatable bonds is 2. The average Bonchev–Trinajstić information content (AvgIpc) is 2.94. The lowest BCUT2D eigenvalue weighted by Gasteiger charge is -2.43. The molecule has 0 unspecified atom stereocenters. The van der Waals surface area contributed by atoms with Gasteiger partial charge in [-0.2, -0.15) is 0 Å². The molecule has 1 saturated heterocycles. The van der Waals surface area contributed by atoms with Gasteiger partial charge in [0.1, 0.15) is 0 Å². The molecule has 3 heterocycles. The quantitative estimate of drug-likeness (QED) is 0.744. The van der Waals surface area contributed by atoms with Crippen molar-refractivity contribution in [1.29, 1.82) is 0 Å². The van der Waals surface area contributed by atoms with Crippen LogP contribution in [0.3, 0.4) is 0 Å². The smallest absolute Gasteiger partial charge is 0.248 e. The zero-order valence-electron chi connectivity index (χ0n) is 16.6. The molecule has 0 radical (unpaired) electrons. The molecule has 5 heteroatoms. The summed E-state index contributed by atoms with van der Waals surface area (Å²) in [7, 11) is -1.93. The van der Waals surface area contributed by atoms with Crippen molar-refractivity contribution >= 4 is 19.2 Å². The molecular formula is C21H29NO3Si. The van der Waals surface area contributed by atoms with Crippen LogP contribution in [0.1, 0.15) is 62.5 Å². The molecule has 1 aromatic carbocycles. The third-order valence-corrected chi connectivity index (χ3v) is 11.0. The Morgan fingerprint density at radius 3 is 2.65 bits per heavy atom. The van der Waals surface area contributed by atoms with E-state index in [1.165, 1.54) is 11.1 Å². The SMILES string of the molecule is Cc1cc(=O)[nH]c2ccc3c(c12)[C@@H]1CC[C@@H](O1)[C@@H]3O[Si](C)(C)C(C)(C)C. The summed E-state index contributed by atoms with van der Waals surface area (Å²) in [6, 6.07) is 5.88. The Labute approximate surface area is 156 Å². The molecule has 2 bridgehead atoms. The average molecular weight is 372 g/mol. The summed E-state index contributed by atoms with van der Waals surface area (Å²) >= 11 is 0. The lowest BCUT2D eigenvalue weighted by molar-refractivity contribution is -0.0467. The van der Waals surface area contributed by atoms with Gasteiger partial charge in [-0.05, 0) is 60.7 Å². The van der Waals surface area contributed by atoms with Crippen molar-refractivity contribution < 1.29 is 9.16 Å². The minimum absolute atomic E-state index is 0.0135. The third kappa shape index (κ3) is 2.68. The number of nitrogens with one attached hydrogen (secondary N) is 1. The highest BCUT2D eigenvalue weighted by Crippen LogP contribution is 2.52. The number of benzene rings is 1. The molecule has 2 aliphatic heterocycles. The van der Waals surface area contributed by atoms with E-state index in [9.17, 15) is 4.79 Å². The van der Waals surface area contributed by atoms with Crippen molar-refractivity contribution in [3.8, 4) is 0 Å². The van der Waals surface area contributed by atoms with Gasteiger partial charge in [-0.15, -0.1) is 0 Å². The van der Waals surface area contributed by atoms with Gasteiger partial charge in [0.05, 0.1) is 18.3 Å². The van der Waals surface area contributed by atoms with Crippen LogP contribution in [0.4, 0.5) is 0 Å². The van der Waals surface area contributed by atoms with Gasteiger partial charge in [-0.25, -0.2) is 0 Å². The van der Waals surface area contributed by atoms with Crippen molar-refractivity contribution in [2.45, 2.75) is 77.0 Å². The second kappa shape index (κ2) is 5.78. The second-order valence-corrected chi connectivity index (χ2v) is 14.1. The van der Waals surface area contributed by atoms with Crippen molar-refractivity contribution in [1.82, 2.24) is 4.98 Å². The molecule has 2 aromatic rings. The molecular weight excluding hydrogens is 342 g/mol. The minimum Gasteiger partial charge on any atom is -0.407 e. The molecule has 4 rings (SSSR count). The highest BCUT2D eigenvalue weighted by Gasteiger charge is 2.47. The summed E-state index contributed by atoms with van der Waals surface area (Å²) in [5.74, 6) is 0. The van der Waals surface area contributed by atoms with Crippen LogP contribution in [0.15, 0.2) is 23.0 Å². The third-order valence-electron chi connectivity index (χ3n) is 6.53. The van der Waals surface area contributed by atoms with Crippen molar-refractivity contribution in [2.24, 2.45) is 0 Å². The highest BCUT2D eigenvalue weighted by atomic mass is 28.4. The molecule has 1 aromatic heterocycles. The second-order valence-electron chi connectivity index (χ2n) is 9.35. The van der Waals surface area contributed by atoms with Gasteiger partial charge >= 0.3 is 0 Å². The molecule has 2 aliphatic rings. The van der Waals surface area contributed by atoms with E-state index in [2.05, 4.69) is 44.9 Å². The summed E-state index contributed by atoms with van der Waals surface area (Å²) in [6.07, 6.45) is 2.29. The Morgan fingerprint density at radius 1 is 1.23 bits per heavy atom. The van der Waals surface area contributed by atoms with E-state index >= 15 is 0 Å². The van der Waals surface area contributed by atoms with Crippen LogP contribution >= 0.6 is 0 Å². The summed E-state index contributed by atoms with van der Waals surface area (Å²) in [4.78, 5) is 14.9. The topological polar surface area (TPSA) is 51.3 Å². The molecule has 1 fully saturated rings. The zero-order chi connectivity index (χ0) is 18.9. The number of aromatic nitrogens is 1. The summed E-state index contributed by atoms with van der Waals surface area (Å²) < 4.78 is 13.2. The first-order valence-corrected chi connectivity index (χ1v) is 12.5. The standard InChI is InChI=1S/C21H29NO3Si/c1-12-11-17(23)22-14-8-7-13-19(18(12)14)15-9-10-16(24-15)20(13)25-26(5,6)21(2,3)4/h7-8,11,15-16,20H,9-10H2,1-6H3,(H,22,23)/t15-,16+,20+/m0/s1. The van der Waals surface area contributed by atoms with Crippen LogP contribution in [0, 0.1) is 6.92 Å². The van der Waals surface area contributed by atoms with Crippen molar-refractivity contribution in [3.05, 3.63) is 45.2 Å². The molecule has 0 saturated carbocycles. The molecule has 26 heavy (non-hydrogen) atoms. The van der Waals surface area contributed by atoms with Crippen LogP contribution in [0.2, 0.25) is 18.1 Å². The summed E-state index contributed by atoms with van der Waals surface area (Å²) in [5.41, 5.74) is 4.35. The van der Waals surface area contributed by atoms with E-state index in [0.29, 0.717) is 0 Å². The molecule has 0 amide bonds. The predicted molar refractivity (Wildman–Crippen MR) is 107 cm³/mol. The molecule has 3 atom stereocenters. The number of H-pyrrole nitrogens is 1. The van der Waals surface area contributed by atoms with Gasteiger partial charge < -0.3 is 14.1 Å². The Hall–Kier alpha value is -1.43. The summed E-state index contributed by atoms with van der Waals surface area (Å²) in [5, 5.41) is 1.29. The number of fused-ring (bicyclic) bond motifs is 6. The number of aromatic amines is 1. The molecule has 1 N–H and O–H groups in total. The number of hydrogen-bond acceptors (Lipinski definition) is 3. The molecule has 140 valence electrons. The molecule has 0 aliphatic carbocycles. The lowest BCUT2D eigenvalue weighted by atomic mass is 9.90. The van der Waals surface area contributed by atoms with Gasteiger partial charge in [0.2, 0.25) is 5.56 Å². The first-order chi connectivity index (χ1) is 12.1. The van der Waals surface area contributed by atoms with Crippen LogP contribution in [-0.4, -0.2) is 19.4 Å². The molecule has 4 nitrogen and oxygen atoms in total. The van der Waals surface area contributed by atoms with Gasteiger partial charge in [-0.3, -0.25) is 4.79 Å². The van der Waals surface area contributed by atoms with E-state index in [-0.39, 0.29) is 28.9 Å². The lowest BCUT2D eigenvalue weighted by Crippen LogP contribution is -2.44. The van der Waals surface area contributed by atoms with E-state index in [4.69, 9.17) is 9.16 Å². The van der Waals surface area contributed by atoms with Crippen LogP contribution < -0.4 is 5.56 Å². The van der Waals surface area contributed by atoms with Gasteiger partial charge in [0.25, 0.3) is 0 Å². The van der Waals surface area contributed by atoms with E-state index in [0.717, 1.165) is 29.3 Å². The fourth-order valence-corrected chi connectivity index (χ4v) is 5.40. The molecule has 0 spiro atoms. The monoisotopic (exact) mass is 371 g/mol. The Bertz CT molecular complexity index is 925. The largest absolute Gasteiger partial charge is 0.407 e. The Balaban J connectivity index is 1.89. The van der Waals surface area contributed by atoms with Crippen molar-refractivity contribution in [3.63, 3.8) is 0 Å². The number of pyridine rings is 1. The maximum Gasteiger partial charge on any atom is 0.248 e. The fraction of sp³-hybridized carbons (Fsp3) is 0.571. The Morgan fingerprint density at radius 2 is 1.96 bits per heavy atom. The van der Waals surface area contributed by atoms with Gasteiger partial charge in [-0.1, -0.05) is 26.8 Å². The number of hydrogen-bond donors (Lipinski definition) is 1. The first-order valence-electron chi connectivity index (χ1n) is 9.58.